The van der Waals surface area contributed by atoms with Crippen LogP contribution in [0.4, 0.5) is 0 Å². The van der Waals surface area contributed by atoms with E-state index in [9.17, 15) is 5.11 Å². The molecule has 0 radical (unpaired) electrons. The van der Waals surface area contributed by atoms with E-state index >= 15 is 0 Å². The molecular weight excluding hydrogens is 388 g/mol. The summed E-state index contributed by atoms with van der Waals surface area (Å²) in [4.78, 5) is 0. The summed E-state index contributed by atoms with van der Waals surface area (Å²) in [7, 11) is 2.32. The zero-order valence-electron chi connectivity index (χ0n) is 14.2. The van der Waals surface area contributed by atoms with E-state index in [1.165, 1.54) is 0 Å². The van der Waals surface area contributed by atoms with Gasteiger partial charge in [0.05, 0.1) is 0 Å². The van der Waals surface area contributed by atoms with E-state index in [1.807, 2.05) is 24.3 Å². The van der Waals surface area contributed by atoms with Crippen molar-refractivity contribution >= 4 is 24.7 Å². The highest BCUT2D eigenvalue weighted by molar-refractivity contribution is 9.10. The first-order chi connectivity index (χ1) is 11.5. The standard InChI is InChI=1S/C18H23BrO4Si/c1-21-24(22-2,23-3)12-4-5-15-13-17(20)10-11-18(15)14-6-8-16(19)9-7-14/h6-11,13,20H,4-5,12H2,1-3H3. The lowest BCUT2D eigenvalue weighted by Crippen LogP contribution is -2.42. The molecule has 4 nitrogen and oxygen atoms in total. The summed E-state index contributed by atoms with van der Waals surface area (Å²) in [6.07, 6.45) is 1.67. The van der Waals surface area contributed by atoms with Crippen LogP contribution in [-0.2, 0) is 19.7 Å². The van der Waals surface area contributed by atoms with Crippen LogP contribution in [-0.4, -0.2) is 35.2 Å². The second kappa shape index (κ2) is 8.78. The lowest BCUT2D eigenvalue weighted by molar-refractivity contribution is 0.123. The van der Waals surface area contributed by atoms with Gasteiger partial charge >= 0.3 is 8.80 Å². The van der Waals surface area contributed by atoms with Gasteiger partial charge in [0.1, 0.15) is 5.75 Å². The summed E-state index contributed by atoms with van der Waals surface area (Å²) >= 11 is 3.46. The Hall–Kier alpha value is -1.18. The molecule has 2 aromatic carbocycles. The molecule has 2 aromatic rings. The van der Waals surface area contributed by atoms with E-state index in [1.54, 1.807) is 27.4 Å². The zero-order chi connectivity index (χ0) is 17.6. The number of hydrogen-bond acceptors (Lipinski definition) is 4. The second-order valence-corrected chi connectivity index (χ2v) is 9.50. The number of phenolic OH excluding ortho intramolecular Hbond substituents is 1. The van der Waals surface area contributed by atoms with Crippen LogP contribution in [0, 0.1) is 0 Å². The second-order valence-electron chi connectivity index (χ2n) is 5.50. The van der Waals surface area contributed by atoms with Gasteiger partial charge in [-0.2, -0.15) is 0 Å². The zero-order valence-corrected chi connectivity index (χ0v) is 16.8. The quantitative estimate of drug-likeness (QED) is 0.644. The van der Waals surface area contributed by atoms with Gasteiger partial charge in [-0.25, -0.2) is 0 Å². The summed E-state index contributed by atoms with van der Waals surface area (Å²) in [5, 5.41) is 9.85. The Kier molecular flexibility index (Phi) is 7.00. The minimum atomic E-state index is -2.56. The molecule has 0 spiro atoms. The van der Waals surface area contributed by atoms with Gasteiger partial charge in [-0.3, -0.25) is 0 Å². The lowest BCUT2D eigenvalue weighted by atomic mass is 9.96. The number of halogens is 1. The maximum Gasteiger partial charge on any atom is 0.500 e. The van der Waals surface area contributed by atoms with Gasteiger partial charge in [-0.15, -0.1) is 0 Å². The van der Waals surface area contributed by atoms with E-state index < -0.39 is 8.80 Å². The molecule has 0 bridgehead atoms. The molecule has 0 aliphatic rings. The Morgan fingerprint density at radius 2 is 1.58 bits per heavy atom. The van der Waals surface area contributed by atoms with Crippen molar-refractivity contribution in [1.82, 2.24) is 0 Å². The van der Waals surface area contributed by atoms with Gasteiger partial charge in [-0.05, 0) is 53.8 Å². The van der Waals surface area contributed by atoms with Crippen LogP contribution in [0.2, 0.25) is 6.04 Å². The minimum absolute atomic E-state index is 0.277. The summed E-state index contributed by atoms with van der Waals surface area (Å²) in [6, 6.07) is 14.4. The van der Waals surface area contributed by atoms with E-state index in [-0.39, 0.29) is 5.75 Å². The molecule has 0 fully saturated rings. The molecule has 0 aromatic heterocycles. The third kappa shape index (κ3) is 4.68. The molecule has 24 heavy (non-hydrogen) atoms. The lowest BCUT2D eigenvalue weighted by Gasteiger charge is -2.24. The minimum Gasteiger partial charge on any atom is -0.508 e. The summed E-state index contributed by atoms with van der Waals surface area (Å²) < 4.78 is 17.4. The third-order valence-electron chi connectivity index (χ3n) is 4.11. The van der Waals surface area contributed by atoms with Crippen molar-refractivity contribution in [2.75, 3.05) is 21.3 Å². The topological polar surface area (TPSA) is 47.9 Å². The molecule has 6 heteroatoms. The summed E-state index contributed by atoms with van der Waals surface area (Å²) in [5.41, 5.74) is 3.35. The van der Waals surface area contributed by atoms with Gasteiger partial charge < -0.3 is 18.4 Å². The van der Waals surface area contributed by atoms with Crippen molar-refractivity contribution in [3.63, 3.8) is 0 Å². The number of hydrogen-bond donors (Lipinski definition) is 1. The van der Waals surface area contributed by atoms with Gasteiger partial charge in [0.15, 0.2) is 0 Å². The van der Waals surface area contributed by atoms with Crippen LogP contribution in [0.3, 0.4) is 0 Å². The number of aryl methyl sites for hydroxylation is 1. The molecule has 0 unspecified atom stereocenters. The van der Waals surface area contributed by atoms with Crippen LogP contribution in [0.5, 0.6) is 5.75 Å². The molecule has 0 aliphatic carbocycles. The molecule has 0 amide bonds. The third-order valence-corrected chi connectivity index (χ3v) is 7.47. The van der Waals surface area contributed by atoms with Crippen molar-refractivity contribution in [1.29, 1.82) is 0 Å². The monoisotopic (exact) mass is 410 g/mol. The van der Waals surface area contributed by atoms with Crippen LogP contribution in [0.25, 0.3) is 11.1 Å². The van der Waals surface area contributed by atoms with E-state index in [0.29, 0.717) is 0 Å². The molecule has 0 aliphatic heterocycles. The van der Waals surface area contributed by atoms with Crippen molar-refractivity contribution in [3.8, 4) is 16.9 Å². The van der Waals surface area contributed by atoms with E-state index in [2.05, 4.69) is 28.1 Å². The molecule has 0 atom stereocenters. The smallest absolute Gasteiger partial charge is 0.500 e. The van der Waals surface area contributed by atoms with Crippen molar-refractivity contribution in [3.05, 3.63) is 52.5 Å². The highest BCUT2D eigenvalue weighted by atomic mass is 79.9. The largest absolute Gasteiger partial charge is 0.508 e. The number of benzene rings is 2. The van der Waals surface area contributed by atoms with E-state index in [0.717, 1.165) is 40.0 Å². The van der Waals surface area contributed by atoms with Crippen molar-refractivity contribution < 1.29 is 18.4 Å². The van der Waals surface area contributed by atoms with Gasteiger partial charge in [-0.1, -0.05) is 34.1 Å². The molecule has 130 valence electrons. The summed E-state index contributed by atoms with van der Waals surface area (Å²) in [5.74, 6) is 0.277. The van der Waals surface area contributed by atoms with Crippen LogP contribution in [0.1, 0.15) is 12.0 Å². The van der Waals surface area contributed by atoms with Gasteiger partial charge in [0.25, 0.3) is 0 Å². The Morgan fingerprint density at radius 1 is 0.958 bits per heavy atom. The molecule has 1 N–H and O–H groups in total. The Balaban J connectivity index is 2.18. The van der Waals surface area contributed by atoms with Crippen molar-refractivity contribution in [2.24, 2.45) is 0 Å². The van der Waals surface area contributed by atoms with Crippen LogP contribution < -0.4 is 0 Å². The predicted octanol–water partition coefficient (Wildman–Crippen LogP) is 4.63. The molecular formula is C18H23BrO4Si. The Morgan fingerprint density at radius 3 is 2.17 bits per heavy atom. The normalized spacial score (nSPS) is 11.7. The van der Waals surface area contributed by atoms with Gasteiger partial charge in [0, 0.05) is 31.8 Å². The van der Waals surface area contributed by atoms with Crippen LogP contribution >= 0.6 is 15.9 Å². The fraction of sp³-hybridized carbons (Fsp3) is 0.333. The first-order valence-electron chi connectivity index (χ1n) is 7.77. The molecule has 0 saturated carbocycles. The fourth-order valence-corrected chi connectivity index (χ4v) is 4.74. The number of phenols is 1. The maximum absolute atomic E-state index is 9.85. The molecule has 2 rings (SSSR count). The number of aromatic hydroxyl groups is 1. The highest BCUT2D eigenvalue weighted by Crippen LogP contribution is 2.30. The Bertz CT molecular complexity index is 648. The highest BCUT2D eigenvalue weighted by Gasteiger charge is 2.36. The van der Waals surface area contributed by atoms with E-state index in [4.69, 9.17) is 13.3 Å². The maximum atomic E-state index is 9.85. The Labute approximate surface area is 152 Å². The molecule has 0 heterocycles. The summed E-state index contributed by atoms with van der Waals surface area (Å²) in [6.45, 7) is 0. The van der Waals surface area contributed by atoms with Crippen LogP contribution in [0.15, 0.2) is 46.9 Å². The number of rotatable bonds is 8. The SMILES string of the molecule is CO[Si](CCCc1cc(O)ccc1-c1ccc(Br)cc1)(OC)OC. The van der Waals surface area contributed by atoms with Gasteiger partial charge in [0.2, 0.25) is 0 Å². The first kappa shape index (κ1) is 19.1. The molecule has 0 saturated heterocycles. The first-order valence-corrected chi connectivity index (χ1v) is 10.5. The average Bonchev–Trinajstić information content (AvgIpc) is 2.60. The average molecular weight is 411 g/mol. The predicted molar refractivity (Wildman–Crippen MR) is 101 cm³/mol. The fourth-order valence-electron chi connectivity index (χ4n) is 2.75. The van der Waals surface area contributed by atoms with Crippen molar-refractivity contribution in [2.45, 2.75) is 18.9 Å².